The van der Waals surface area contributed by atoms with Gasteiger partial charge in [0.1, 0.15) is 0 Å². The van der Waals surface area contributed by atoms with Gasteiger partial charge in [0, 0.05) is 0 Å². The zero-order valence-electron chi connectivity index (χ0n) is 15.1. The highest BCUT2D eigenvalue weighted by Crippen LogP contribution is 2.37. The lowest BCUT2D eigenvalue weighted by Crippen LogP contribution is -2.27. The van der Waals surface area contributed by atoms with Gasteiger partial charge >= 0.3 is 5.97 Å². The van der Waals surface area contributed by atoms with Crippen molar-refractivity contribution < 1.29 is 29.0 Å². The van der Waals surface area contributed by atoms with Gasteiger partial charge < -0.3 is 14.6 Å². The van der Waals surface area contributed by atoms with Crippen molar-refractivity contribution in [2.24, 2.45) is 0 Å². The van der Waals surface area contributed by atoms with Crippen molar-refractivity contribution in [3.63, 3.8) is 0 Å². The van der Waals surface area contributed by atoms with Gasteiger partial charge in [0.05, 0.1) is 17.7 Å². The summed E-state index contributed by atoms with van der Waals surface area (Å²) in [7, 11) is 1.43. The molecule has 0 aliphatic carbocycles. The highest BCUT2D eigenvalue weighted by molar-refractivity contribution is 8.19. The molecule has 1 fully saturated rings. The molecule has 2 amide bonds. The Morgan fingerprint density at radius 1 is 1.14 bits per heavy atom. The first-order chi connectivity index (χ1) is 13.4. The van der Waals surface area contributed by atoms with Crippen molar-refractivity contribution in [2.45, 2.75) is 13.0 Å². The number of carbonyl (C=O) groups is 3. The van der Waals surface area contributed by atoms with Crippen LogP contribution in [0.25, 0.3) is 6.08 Å². The van der Waals surface area contributed by atoms with Gasteiger partial charge in [-0.1, -0.05) is 24.3 Å². The molecule has 0 spiro atoms. The molecular formula is C20H17NO6S. The average Bonchev–Trinajstić information content (AvgIpc) is 2.96. The van der Waals surface area contributed by atoms with E-state index in [1.165, 1.54) is 14.0 Å². The van der Waals surface area contributed by atoms with Crippen molar-refractivity contribution >= 4 is 40.6 Å². The van der Waals surface area contributed by atoms with Crippen LogP contribution in [0.3, 0.4) is 0 Å². The molecule has 0 radical (unpaired) electrons. The third kappa shape index (κ3) is 4.01. The third-order valence-corrected chi connectivity index (χ3v) is 4.81. The molecule has 1 saturated heterocycles. The summed E-state index contributed by atoms with van der Waals surface area (Å²) >= 11 is 0.852. The number of methoxy groups -OCH3 is 1. The monoisotopic (exact) mass is 399 g/mol. The maximum Gasteiger partial charge on any atom is 0.344 e. The number of amides is 2. The standard InChI is InChI=1S/C20H17NO6S/c1-12(19(23)24)27-15-9-8-13(10-16(15)26-2)11-17-18(22)21(20(25)28-17)14-6-4-3-5-7-14/h3-12H,1-2H3,(H,23,24)/b17-11+. The minimum absolute atomic E-state index is 0.270. The fourth-order valence-electron chi connectivity index (χ4n) is 2.53. The van der Waals surface area contributed by atoms with Crippen LogP contribution in [0, 0.1) is 0 Å². The number of thioether (sulfide) groups is 1. The van der Waals surface area contributed by atoms with Crippen molar-refractivity contribution in [2.75, 3.05) is 12.0 Å². The van der Waals surface area contributed by atoms with Crippen molar-refractivity contribution in [1.82, 2.24) is 0 Å². The summed E-state index contributed by atoms with van der Waals surface area (Å²) in [6.07, 6.45) is 0.544. The smallest absolute Gasteiger partial charge is 0.344 e. The third-order valence-electron chi connectivity index (χ3n) is 3.95. The molecule has 1 atom stereocenters. The number of imide groups is 1. The van der Waals surface area contributed by atoms with Crippen LogP contribution in [-0.4, -0.2) is 35.4 Å². The van der Waals surface area contributed by atoms with Crippen LogP contribution in [0.1, 0.15) is 12.5 Å². The van der Waals surface area contributed by atoms with Crippen LogP contribution < -0.4 is 14.4 Å². The number of benzene rings is 2. The maximum atomic E-state index is 12.7. The average molecular weight is 399 g/mol. The molecule has 8 heteroatoms. The van der Waals surface area contributed by atoms with Crippen LogP contribution in [0.2, 0.25) is 0 Å². The lowest BCUT2D eigenvalue weighted by molar-refractivity contribution is -0.144. The van der Waals surface area contributed by atoms with Crippen LogP contribution in [0.5, 0.6) is 11.5 Å². The van der Waals surface area contributed by atoms with E-state index in [-0.39, 0.29) is 15.9 Å². The number of rotatable bonds is 6. The second kappa shape index (κ2) is 8.18. The molecule has 1 aliphatic heterocycles. The quantitative estimate of drug-likeness (QED) is 0.739. The SMILES string of the molecule is COc1cc(/C=C2/SC(=O)N(c3ccccc3)C2=O)ccc1OC(C)C(=O)O. The van der Waals surface area contributed by atoms with Gasteiger partial charge in [-0.2, -0.15) is 0 Å². The number of hydrogen-bond donors (Lipinski definition) is 1. The molecule has 1 N–H and O–H groups in total. The van der Waals surface area contributed by atoms with Crippen LogP contribution in [0.4, 0.5) is 10.5 Å². The van der Waals surface area contributed by atoms with E-state index in [1.807, 2.05) is 0 Å². The number of ether oxygens (including phenoxy) is 2. The first kappa shape index (κ1) is 19.5. The maximum absolute atomic E-state index is 12.7. The summed E-state index contributed by atoms with van der Waals surface area (Å²) in [6.45, 7) is 1.41. The summed E-state index contributed by atoms with van der Waals surface area (Å²) in [6, 6.07) is 13.5. The Labute approximate surface area is 165 Å². The normalized spacial score (nSPS) is 16.4. The van der Waals surface area contributed by atoms with E-state index in [0.717, 1.165) is 16.7 Å². The molecule has 2 aromatic rings. The number of nitrogens with zero attached hydrogens (tertiary/aromatic N) is 1. The highest BCUT2D eigenvalue weighted by Gasteiger charge is 2.36. The van der Waals surface area contributed by atoms with Crippen LogP contribution in [-0.2, 0) is 9.59 Å². The Balaban J connectivity index is 1.86. The first-order valence-electron chi connectivity index (χ1n) is 8.31. The molecule has 3 rings (SSSR count). The van der Waals surface area contributed by atoms with E-state index in [1.54, 1.807) is 54.6 Å². The lowest BCUT2D eigenvalue weighted by Gasteiger charge is -2.14. The predicted molar refractivity (Wildman–Crippen MR) is 106 cm³/mol. The predicted octanol–water partition coefficient (Wildman–Crippen LogP) is 3.79. The fourth-order valence-corrected chi connectivity index (χ4v) is 3.37. The zero-order chi connectivity index (χ0) is 20.3. The van der Waals surface area contributed by atoms with E-state index in [4.69, 9.17) is 14.6 Å². The van der Waals surface area contributed by atoms with Crippen molar-refractivity contribution in [3.05, 3.63) is 59.0 Å². The number of anilines is 1. The Morgan fingerprint density at radius 2 is 1.86 bits per heavy atom. The molecule has 28 heavy (non-hydrogen) atoms. The molecule has 2 aromatic carbocycles. The van der Waals surface area contributed by atoms with Gasteiger partial charge in [0.25, 0.3) is 11.1 Å². The van der Waals surface area contributed by atoms with Gasteiger partial charge in [0.15, 0.2) is 17.6 Å². The number of hydrogen-bond acceptors (Lipinski definition) is 6. The molecule has 0 saturated carbocycles. The molecular weight excluding hydrogens is 382 g/mol. The second-order valence-corrected chi connectivity index (χ2v) is 6.85. The number of para-hydroxylation sites is 1. The summed E-state index contributed by atoms with van der Waals surface area (Å²) in [5.74, 6) is -0.906. The topological polar surface area (TPSA) is 93.1 Å². The lowest BCUT2D eigenvalue weighted by atomic mass is 10.1. The Hall–Kier alpha value is -3.26. The highest BCUT2D eigenvalue weighted by atomic mass is 32.2. The summed E-state index contributed by atoms with van der Waals surface area (Å²) in [4.78, 5) is 37.3. The summed E-state index contributed by atoms with van der Waals surface area (Å²) in [5, 5.41) is 8.60. The molecule has 0 aromatic heterocycles. The molecule has 1 heterocycles. The molecule has 1 unspecified atom stereocenters. The Kier molecular flexibility index (Phi) is 5.70. The fraction of sp³-hybridized carbons (Fsp3) is 0.150. The number of carboxylic acid groups (broad SMARTS) is 1. The van der Waals surface area contributed by atoms with Crippen LogP contribution >= 0.6 is 11.8 Å². The van der Waals surface area contributed by atoms with Crippen molar-refractivity contribution in [1.29, 1.82) is 0 Å². The largest absolute Gasteiger partial charge is 0.493 e. The van der Waals surface area contributed by atoms with E-state index >= 15 is 0 Å². The van der Waals surface area contributed by atoms with E-state index in [9.17, 15) is 14.4 Å². The van der Waals surface area contributed by atoms with Crippen LogP contribution in [0.15, 0.2) is 53.4 Å². The number of carboxylic acids is 1. The number of carbonyl (C=O) groups excluding carboxylic acids is 2. The van der Waals surface area contributed by atoms with Gasteiger partial charge in [-0.15, -0.1) is 0 Å². The first-order valence-corrected chi connectivity index (χ1v) is 9.13. The molecule has 144 valence electrons. The van der Waals surface area contributed by atoms with Gasteiger partial charge in [-0.05, 0) is 54.6 Å². The summed E-state index contributed by atoms with van der Waals surface area (Å²) in [5.41, 5.74) is 1.13. The Morgan fingerprint density at radius 3 is 2.50 bits per heavy atom. The molecule has 0 bridgehead atoms. The van der Waals surface area contributed by atoms with E-state index in [2.05, 4.69) is 0 Å². The summed E-state index contributed by atoms with van der Waals surface area (Å²) < 4.78 is 10.6. The molecule has 7 nitrogen and oxygen atoms in total. The van der Waals surface area contributed by atoms with Gasteiger partial charge in [-0.3, -0.25) is 9.59 Å². The molecule has 1 aliphatic rings. The Bertz CT molecular complexity index is 956. The minimum atomic E-state index is -1.10. The van der Waals surface area contributed by atoms with E-state index < -0.39 is 18.0 Å². The van der Waals surface area contributed by atoms with Crippen molar-refractivity contribution in [3.8, 4) is 11.5 Å². The minimum Gasteiger partial charge on any atom is -0.493 e. The van der Waals surface area contributed by atoms with Gasteiger partial charge in [0.2, 0.25) is 0 Å². The zero-order valence-corrected chi connectivity index (χ0v) is 15.9. The van der Waals surface area contributed by atoms with Gasteiger partial charge in [-0.25, -0.2) is 9.69 Å². The second-order valence-electron chi connectivity index (χ2n) is 5.86. The number of aliphatic carboxylic acids is 1. The van der Waals surface area contributed by atoms with E-state index in [0.29, 0.717) is 17.0 Å².